The van der Waals surface area contributed by atoms with Crippen LogP contribution >= 0.6 is 0 Å². The number of hydrogen-bond donors (Lipinski definition) is 1. The molecule has 0 amide bonds. The number of methoxy groups -OCH3 is 2. The lowest BCUT2D eigenvalue weighted by Gasteiger charge is -2.15. The minimum Gasteiger partial charge on any atom is -0.493 e. The molecule has 0 saturated carbocycles. The van der Waals surface area contributed by atoms with Gasteiger partial charge in [-0.15, -0.1) is 0 Å². The molecular weight excluding hydrogens is 335 g/mol. The Morgan fingerprint density at radius 1 is 1.24 bits per heavy atom. The van der Waals surface area contributed by atoms with E-state index in [1.54, 1.807) is 12.1 Å². The van der Waals surface area contributed by atoms with Crippen LogP contribution in [0.3, 0.4) is 0 Å². The van der Waals surface area contributed by atoms with Crippen LogP contribution in [0.25, 0.3) is 0 Å². The first-order chi connectivity index (χ1) is 12.0. The highest BCUT2D eigenvalue weighted by Gasteiger charge is 2.36. The summed E-state index contributed by atoms with van der Waals surface area (Å²) in [6.45, 7) is 0. The molecule has 25 heavy (non-hydrogen) atoms. The molecule has 1 N–H and O–H groups in total. The van der Waals surface area contributed by atoms with Crippen LogP contribution in [0.1, 0.15) is 22.1 Å². The second kappa shape index (κ2) is 6.27. The number of non-ortho nitro benzene ring substituents is 1. The molecule has 1 aliphatic rings. The zero-order chi connectivity index (χ0) is 18.1. The number of ether oxygens (including phenoxy) is 3. The van der Waals surface area contributed by atoms with Gasteiger partial charge in [0, 0.05) is 17.7 Å². The number of esters is 1. The topological polar surface area (TPSA) is 99.9 Å². The molecule has 0 saturated heterocycles. The van der Waals surface area contributed by atoms with Gasteiger partial charge in [-0.25, -0.2) is 9.18 Å². The number of carbonyl (C=O) groups is 1. The Morgan fingerprint density at radius 3 is 2.64 bits per heavy atom. The normalized spacial score (nSPS) is 15.3. The number of fused-ring (bicyclic) bond motifs is 1. The van der Waals surface area contributed by atoms with Crippen LogP contribution in [-0.4, -0.2) is 25.1 Å². The van der Waals surface area contributed by atoms with E-state index in [1.807, 2.05) is 0 Å². The van der Waals surface area contributed by atoms with E-state index in [2.05, 4.69) is 5.32 Å². The standard InChI is InChI=1S/C16H13FN2O6/c1-23-12-6-4-9-13(14(12)24-2)16(20)25-15(9)18-11-7-8(19(21)22)3-5-10(11)17/h3-7,15,18H,1-2H3/t15-/m0/s1. The van der Waals surface area contributed by atoms with Gasteiger partial charge in [0.25, 0.3) is 5.69 Å². The van der Waals surface area contributed by atoms with Gasteiger partial charge in [-0.05, 0) is 18.2 Å². The van der Waals surface area contributed by atoms with E-state index in [1.165, 1.54) is 14.2 Å². The number of rotatable bonds is 5. The van der Waals surface area contributed by atoms with Crippen molar-refractivity contribution in [2.24, 2.45) is 0 Å². The van der Waals surface area contributed by atoms with E-state index in [0.29, 0.717) is 11.3 Å². The van der Waals surface area contributed by atoms with E-state index < -0.39 is 22.9 Å². The summed E-state index contributed by atoms with van der Waals surface area (Å²) in [6, 6.07) is 6.20. The van der Waals surface area contributed by atoms with Gasteiger partial charge in [0.2, 0.25) is 6.23 Å². The summed E-state index contributed by atoms with van der Waals surface area (Å²) >= 11 is 0. The third-order valence-electron chi connectivity index (χ3n) is 3.74. The van der Waals surface area contributed by atoms with Crippen LogP contribution in [0.4, 0.5) is 15.8 Å². The highest BCUT2D eigenvalue weighted by atomic mass is 19.1. The summed E-state index contributed by atoms with van der Waals surface area (Å²) in [5, 5.41) is 13.5. The number of carbonyl (C=O) groups excluding carboxylic acids is 1. The SMILES string of the molecule is COc1ccc2c(c1OC)C(=O)O[C@@H]2Nc1cc([N+](=O)[O-])ccc1F. The lowest BCUT2D eigenvalue weighted by atomic mass is 10.1. The Kier molecular flexibility index (Phi) is 4.14. The Hall–Kier alpha value is -3.36. The largest absolute Gasteiger partial charge is 0.493 e. The molecule has 0 bridgehead atoms. The number of hydrogen-bond acceptors (Lipinski definition) is 7. The van der Waals surface area contributed by atoms with Crippen LogP contribution < -0.4 is 14.8 Å². The summed E-state index contributed by atoms with van der Waals surface area (Å²) < 4.78 is 29.5. The van der Waals surface area contributed by atoms with Crippen LogP contribution in [-0.2, 0) is 4.74 Å². The molecule has 3 rings (SSSR count). The molecule has 2 aromatic rings. The zero-order valence-corrected chi connectivity index (χ0v) is 13.2. The van der Waals surface area contributed by atoms with Crippen molar-refractivity contribution in [3.63, 3.8) is 0 Å². The first-order valence-electron chi connectivity index (χ1n) is 7.12. The molecule has 0 spiro atoms. The van der Waals surface area contributed by atoms with Crippen molar-refractivity contribution in [2.75, 3.05) is 19.5 Å². The molecule has 1 heterocycles. The highest BCUT2D eigenvalue weighted by molar-refractivity contribution is 5.98. The van der Waals surface area contributed by atoms with Crippen LogP contribution in [0, 0.1) is 15.9 Å². The number of anilines is 1. The van der Waals surface area contributed by atoms with Crippen LogP contribution in [0.15, 0.2) is 30.3 Å². The average molecular weight is 348 g/mol. The molecule has 130 valence electrons. The van der Waals surface area contributed by atoms with Crippen molar-refractivity contribution in [1.82, 2.24) is 0 Å². The molecule has 1 aliphatic heterocycles. The van der Waals surface area contributed by atoms with E-state index >= 15 is 0 Å². The Bertz CT molecular complexity index is 870. The minimum absolute atomic E-state index is 0.158. The molecule has 2 aromatic carbocycles. The number of cyclic esters (lactones) is 1. The van der Waals surface area contributed by atoms with Crippen molar-refractivity contribution in [2.45, 2.75) is 6.23 Å². The Morgan fingerprint density at radius 2 is 2.00 bits per heavy atom. The molecule has 8 nitrogen and oxygen atoms in total. The maximum atomic E-state index is 14.0. The van der Waals surface area contributed by atoms with Crippen molar-refractivity contribution in [3.8, 4) is 11.5 Å². The number of nitrogens with one attached hydrogen (secondary N) is 1. The Balaban J connectivity index is 2.00. The highest BCUT2D eigenvalue weighted by Crippen LogP contribution is 2.42. The van der Waals surface area contributed by atoms with Gasteiger partial charge in [-0.1, -0.05) is 0 Å². The number of halogens is 1. The predicted octanol–water partition coefficient (Wildman–Crippen LogP) is 3.03. The fourth-order valence-corrected chi connectivity index (χ4v) is 2.59. The van der Waals surface area contributed by atoms with Crippen molar-refractivity contribution in [3.05, 3.63) is 57.4 Å². The van der Waals surface area contributed by atoms with E-state index in [4.69, 9.17) is 14.2 Å². The molecule has 0 fully saturated rings. The fourth-order valence-electron chi connectivity index (χ4n) is 2.59. The number of nitrogens with zero attached hydrogens (tertiary/aromatic N) is 1. The lowest BCUT2D eigenvalue weighted by molar-refractivity contribution is -0.384. The summed E-state index contributed by atoms with van der Waals surface area (Å²) in [7, 11) is 2.81. The van der Waals surface area contributed by atoms with Crippen LogP contribution in [0.2, 0.25) is 0 Å². The number of nitro benzene ring substituents is 1. The van der Waals surface area contributed by atoms with Crippen LogP contribution in [0.5, 0.6) is 11.5 Å². The summed E-state index contributed by atoms with van der Waals surface area (Å²) in [4.78, 5) is 22.4. The molecule has 0 unspecified atom stereocenters. The minimum atomic E-state index is -1.01. The van der Waals surface area contributed by atoms with Crippen molar-refractivity contribution < 1.29 is 28.3 Å². The Labute approximate surface area is 141 Å². The van der Waals surface area contributed by atoms with Gasteiger partial charge in [-0.2, -0.15) is 0 Å². The average Bonchev–Trinajstić information content (AvgIpc) is 2.91. The molecule has 0 aliphatic carbocycles. The van der Waals surface area contributed by atoms with E-state index in [-0.39, 0.29) is 22.7 Å². The summed E-state index contributed by atoms with van der Waals surface area (Å²) in [5.41, 5.74) is 0.120. The third kappa shape index (κ3) is 2.80. The fraction of sp³-hybridized carbons (Fsp3) is 0.188. The first-order valence-corrected chi connectivity index (χ1v) is 7.12. The third-order valence-corrected chi connectivity index (χ3v) is 3.74. The molecule has 0 radical (unpaired) electrons. The second-order valence-electron chi connectivity index (χ2n) is 5.12. The van der Waals surface area contributed by atoms with Crippen molar-refractivity contribution in [1.29, 1.82) is 0 Å². The second-order valence-corrected chi connectivity index (χ2v) is 5.12. The van der Waals surface area contributed by atoms with Gasteiger partial charge in [0.1, 0.15) is 11.4 Å². The predicted molar refractivity (Wildman–Crippen MR) is 84.4 cm³/mol. The van der Waals surface area contributed by atoms with Gasteiger partial charge in [0.05, 0.1) is 24.8 Å². The lowest BCUT2D eigenvalue weighted by Crippen LogP contribution is -2.11. The monoisotopic (exact) mass is 348 g/mol. The van der Waals surface area contributed by atoms with Gasteiger partial charge in [-0.3, -0.25) is 10.1 Å². The van der Waals surface area contributed by atoms with Gasteiger partial charge >= 0.3 is 5.97 Å². The smallest absolute Gasteiger partial charge is 0.344 e. The molecule has 0 aromatic heterocycles. The summed E-state index contributed by atoms with van der Waals surface area (Å²) in [6.07, 6.45) is -1.01. The maximum Gasteiger partial charge on any atom is 0.344 e. The van der Waals surface area contributed by atoms with Gasteiger partial charge < -0.3 is 19.5 Å². The quantitative estimate of drug-likeness (QED) is 0.503. The van der Waals surface area contributed by atoms with E-state index in [9.17, 15) is 19.3 Å². The first kappa shape index (κ1) is 16.5. The summed E-state index contributed by atoms with van der Waals surface area (Å²) in [5.74, 6) is -0.834. The number of nitro groups is 1. The molecule has 1 atom stereocenters. The molecular formula is C16H13FN2O6. The maximum absolute atomic E-state index is 14.0. The van der Waals surface area contributed by atoms with Crippen molar-refractivity contribution >= 4 is 17.3 Å². The number of benzene rings is 2. The molecule has 9 heteroatoms. The van der Waals surface area contributed by atoms with E-state index in [0.717, 1.165) is 18.2 Å². The van der Waals surface area contributed by atoms with Gasteiger partial charge in [0.15, 0.2) is 11.5 Å². The zero-order valence-electron chi connectivity index (χ0n) is 13.2.